The van der Waals surface area contributed by atoms with Gasteiger partial charge in [0.15, 0.2) is 11.5 Å². The van der Waals surface area contributed by atoms with Gasteiger partial charge in [-0.3, -0.25) is 9.59 Å². The molecule has 1 fully saturated rings. The standard InChI is InChI=1S/C30H31NO7/c1-6-38-25-15-20(9-12-23(25)32)27-26(28(33)22-13-18(3)24(37-5)14-17(22)2)29(34)30(35)31(27)16-19-7-10-21(36-4)11-8-19/h7-15,27,32-33H,6,16H2,1-5H3/b28-26+. The molecule has 0 aliphatic carbocycles. The number of Topliss-reactive ketones (excluding diaryl/α,β-unsaturated/α-hetero) is 1. The van der Waals surface area contributed by atoms with Crippen molar-refractivity contribution >= 4 is 17.4 Å². The van der Waals surface area contributed by atoms with Gasteiger partial charge in [0.05, 0.1) is 32.4 Å². The molecular formula is C30H31NO7. The van der Waals surface area contributed by atoms with E-state index in [-0.39, 0.29) is 29.4 Å². The highest BCUT2D eigenvalue weighted by atomic mass is 16.5. The number of methoxy groups -OCH3 is 2. The smallest absolute Gasteiger partial charge is 0.295 e. The summed E-state index contributed by atoms with van der Waals surface area (Å²) in [5, 5.41) is 21.8. The SMILES string of the molecule is CCOc1cc(C2/C(=C(\O)c3cc(C)c(OC)cc3C)C(=O)C(=O)N2Cc2ccc(OC)cc2)ccc1O. The normalized spacial score (nSPS) is 16.6. The highest BCUT2D eigenvalue weighted by Gasteiger charge is 2.46. The third kappa shape index (κ3) is 4.89. The van der Waals surface area contributed by atoms with Crippen LogP contribution in [0.3, 0.4) is 0 Å². The van der Waals surface area contributed by atoms with Gasteiger partial charge in [-0.15, -0.1) is 0 Å². The zero-order valence-electron chi connectivity index (χ0n) is 22.1. The predicted molar refractivity (Wildman–Crippen MR) is 143 cm³/mol. The third-order valence-corrected chi connectivity index (χ3v) is 6.65. The molecule has 1 aliphatic rings. The van der Waals surface area contributed by atoms with E-state index in [4.69, 9.17) is 14.2 Å². The number of ether oxygens (including phenoxy) is 3. The zero-order valence-corrected chi connectivity index (χ0v) is 22.1. The summed E-state index contributed by atoms with van der Waals surface area (Å²) in [5.41, 5.74) is 3.14. The highest BCUT2D eigenvalue weighted by molar-refractivity contribution is 6.46. The minimum atomic E-state index is -0.918. The number of phenols is 1. The topological polar surface area (TPSA) is 106 Å². The van der Waals surface area contributed by atoms with Crippen LogP contribution in [0.15, 0.2) is 60.2 Å². The van der Waals surface area contributed by atoms with Crippen molar-refractivity contribution in [1.29, 1.82) is 0 Å². The Morgan fingerprint density at radius 1 is 0.921 bits per heavy atom. The van der Waals surface area contributed by atoms with Crippen LogP contribution in [0.1, 0.15) is 40.8 Å². The van der Waals surface area contributed by atoms with E-state index in [1.807, 2.05) is 19.1 Å². The van der Waals surface area contributed by atoms with Crippen LogP contribution in [-0.2, 0) is 16.1 Å². The largest absolute Gasteiger partial charge is 0.507 e. The number of nitrogens with zero attached hydrogens (tertiary/aromatic N) is 1. The monoisotopic (exact) mass is 517 g/mol. The molecule has 1 aliphatic heterocycles. The molecule has 0 spiro atoms. The number of aryl methyl sites for hydroxylation is 2. The molecule has 0 bridgehead atoms. The number of hydrogen-bond acceptors (Lipinski definition) is 7. The fourth-order valence-electron chi connectivity index (χ4n) is 4.70. The summed E-state index contributed by atoms with van der Waals surface area (Å²) < 4.78 is 16.2. The van der Waals surface area contributed by atoms with Crippen LogP contribution in [0.5, 0.6) is 23.0 Å². The van der Waals surface area contributed by atoms with Crippen molar-refractivity contribution in [1.82, 2.24) is 4.90 Å². The van der Waals surface area contributed by atoms with Crippen LogP contribution in [0, 0.1) is 13.8 Å². The van der Waals surface area contributed by atoms with E-state index in [1.54, 1.807) is 64.5 Å². The molecule has 1 atom stereocenters. The van der Waals surface area contributed by atoms with Crippen LogP contribution in [0.2, 0.25) is 0 Å². The lowest BCUT2D eigenvalue weighted by Gasteiger charge is -2.26. The van der Waals surface area contributed by atoms with Gasteiger partial charge in [-0.25, -0.2) is 0 Å². The lowest BCUT2D eigenvalue weighted by atomic mass is 9.92. The maximum absolute atomic E-state index is 13.5. The number of rotatable bonds is 8. The van der Waals surface area contributed by atoms with Crippen molar-refractivity contribution in [2.75, 3.05) is 20.8 Å². The Labute approximate surface area is 221 Å². The van der Waals surface area contributed by atoms with E-state index < -0.39 is 17.7 Å². The molecule has 0 aromatic heterocycles. The minimum Gasteiger partial charge on any atom is -0.507 e. The van der Waals surface area contributed by atoms with Gasteiger partial charge in [-0.2, -0.15) is 0 Å². The van der Waals surface area contributed by atoms with Gasteiger partial charge in [-0.05, 0) is 79.4 Å². The lowest BCUT2D eigenvalue weighted by molar-refractivity contribution is -0.140. The van der Waals surface area contributed by atoms with Crippen molar-refractivity contribution in [3.05, 3.63) is 88.0 Å². The molecule has 3 aromatic rings. The Morgan fingerprint density at radius 2 is 1.63 bits per heavy atom. The van der Waals surface area contributed by atoms with Crippen molar-refractivity contribution in [3.63, 3.8) is 0 Å². The van der Waals surface area contributed by atoms with Crippen LogP contribution < -0.4 is 14.2 Å². The molecule has 1 unspecified atom stereocenters. The van der Waals surface area contributed by atoms with E-state index in [1.165, 1.54) is 11.0 Å². The first-order valence-corrected chi connectivity index (χ1v) is 12.2. The second-order valence-electron chi connectivity index (χ2n) is 9.07. The Balaban J connectivity index is 1.90. The summed E-state index contributed by atoms with van der Waals surface area (Å²) in [6, 6.07) is 14.4. The third-order valence-electron chi connectivity index (χ3n) is 6.65. The quantitative estimate of drug-likeness (QED) is 0.245. The molecule has 3 aromatic carbocycles. The number of carbonyl (C=O) groups excluding carboxylic acids is 2. The van der Waals surface area contributed by atoms with Gasteiger partial charge in [0.1, 0.15) is 17.3 Å². The first-order valence-electron chi connectivity index (χ1n) is 12.2. The second kappa shape index (κ2) is 10.9. The Morgan fingerprint density at radius 3 is 2.26 bits per heavy atom. The zero-order chi connectivity index (χ0) is 27.6. The molecule has 0 saturated carbocycles. The number of benzene rings is 3. The van der Waals surface area contributed by atoms with Crippen LogP contribution in [0.4, 0.5) is 0 Å². The van der Waals surface area contributed by atoms with E-state index in [9.17, 15) is 19.8 Å². The molecule has 1 saturated heterocycles. The number of aromatic hydroxyl groups is 1. The number of likely N-dealkylation sites (tertiary alicyclic amines) is 1. The second-order valence-corrected chi connectivity index (χ2v) is 9.07. The number of hydrogen-bond donors (Lipinski definition) is 2. The highest BCUT2D eigenvalue weighted by Crippen LogP contribution is 2.43. The van der Waals surface area contributed by atoms with Crippen LogP contribution in [-0.4, -0.2) is 47.6 Å². The number of ketones is 1. The number of aliphatic hydroxyl groups excluding tert-OH is 1. The van der Waals surface area contributed by atoms with Crippen molar-refractivity contribution in [3.8, 4) is 23.0 Å². The molecule has 1 heterocycles. The molecule has 198 valence electrons. The van der Waals surface area contributed by atoms with E-state index >= 15 is 0 Å². The molecule has 8 heteroatoms. The fraction of sp³-hybridized carbons (Fsp3) is 0.267. The Kier molecular flexibility index (Phi) is 7.62. The van der Waals surface area contributed by atoms with Gasteiger partial charge in [0.25, 0.3) is 11.7 Å². The fourth-order valence-corrected chi connectivity index (χ4v) is 4.70. The van der Waals surface area contributed by atoms with E-state index in [2.05, 4.69) is 0 Å². The Hall–Kier alpha value is -4.46. The molecule has 2 N–H and O–H groups in total. The molecule has 8 nitrogen and oxygen atoms in total. The maximum Gasteiger partial charge on any atom is 0.295 e. The Bertz CT molecular complexity index is 1410. The summed E-state index contributed by atoms with van der Waals surface area (Å²) in [5.74, 6) is -0.338. The van der Waals surface area contributed by atoms with E-state index in [0.29, 0.717) is 34.8 Å². The number of aliphatic hydroxyl groups is 1. The molecule has 1 amide bonds. The molecular weight excluding hydrogens is 486 g/mol. The lowest BCUT2D eigenvalue weighted by Crippen LogP contribution is -2.29. The summed E-state index contributed by atoms with van der Waals surface area (Å²) in [7, 11) is 3.13. The van der Waals surface area contributed by atoms with Gasteiger partial charge < -0.3 is 29.3 Å². The molecule has 38 heavy (non-hydrogen) atoms. The van der Waals surface area contributed by atoms with Gasteiger partial charge in [0, 0.05) is 12.1 Å². The summed E-state index contributed by atoms with van der Waals surface area (Å²) in [4.78, 5) is 28.3. The number of carbonyl (C=O) groups is 2. The predicted octanol–water partition coefficient (Wildman–Crippen LogP) is 5.05. The molecule has 0 radical (unpaired) electrons. The van der Waals surface area contributed by atoms with Gasteiger partial charge in [-0.1, -0.05) is 18.2 Å². The van der Waals surface area contributed by atoms with Gasteiger partial charge >= 0.3 is 0 Å². The van der Waals surface area contributed by atoms with Crippen molar-refractivity contribution in [2.24, 2.45) is 0 Å². The number of phenolic OH excluding ortho intramolecular Hbond substituents is 1. The summed E-state index contributed by atoms with van der Waals surface area (Å²) in [6.07, 6.45) is 0. The van der Waals surface area contributed by atoms with E-state index in [0.717, 1.165) is 11.1 Å². The van der Waals surface area contributed by atoms with Gasteiger partial charge in [0.2, 0.25) is 0 Å². The van der Waals surface area contributed by atoms with Crippen LogP contribution in [0.25, 0.3) is 5.76 Å². The number of amides is 1. The summed E-state index contributed by atoms with van der Waals surface area (Å²) >= 11 is 0. The van der Waals surface area contributed by atoms with Crippen molar-refractivity contribution in [2.45, 2.75) is 33.4 Å². The average Bonchev–Trinajstić information content (AvgIpc) is 3.16. The minimum absolute atomic E-state index is 0.0377. The first-order chi connectivity index (χ1) is 18.2. The van der Waals surface area contributed by atoms with Crippen LogP contribution >= 0.6 is 0 Å². The summed E-state index contributed by atoms with van der Waals surface area (Å²) in [6.45, 7) is 5.85. The first kappa shape index (κ1) is 26.6. The molecule has 4 rings (SSSR count). The van der Waals surface area contributed by atoms with Crippen molar-refractivity contribution < 1.29 is 34.0 Å². The maximum atomic E-state index is 13.5. The average molecular weight is 518 g/mol.